The average Bonchev–Trinajstić information content (AvgIpc) is 2.77. The van der Waals surface area contributed by atoms with E-state index in [4.69, 9.17) is 0 Å². The van der Waals surface area contributed by atoms with Crippen molar-refractivity contribution in [1.82, 2.24) is 0 Å². The van der Waals surface area contributed by atoms with Crippen LogP contribution in [0.2, 0.25) is 0 Å². The highest BCUT2D eigenvalue weighted by Crippen LogP contribution is 2.32. The maximum atomic E-state index is 12.4. The molecule has 96 valence electrons. The molecule has 1 heterocycles. The van der Waals surface area contributed by atoms with Crippen LogP contribution in [0.15, 0.2) is 39.9 Å². The summed E-state index contributed by atoms with van der Waals surface area (Å²) in [6, 6.07) is 6.05. The van der Waals surface area contributed by atoms with Gasteiger partial charge >= 0.3 is 6.18 Å². The molecule has 0 saturated carbocycles. The molecule has 0 aliphatic carbocycles. The van der Waals surface area contributed by atoms with Gasteiger partial charge in [0, 0.05) is 0 Å². The molecule has 0 bridgehead atoms. The third kappa shape index (κ3) is 2.73. The fourth-order valence-electron chi connectivity index (χ4n) is 1.42. The quantitative estimate of drug-likeness (QED) is 0.861. The van der Waals surface area contributed by atoms with Crippen molar-refractivity contribution >= 4 is 22.0 Å². The number of hydrogen-bond donors (Lipinski definition) is 1. The van der Waals surface area contributed by atoms with Crippen LogP contribution in [0.5, 0.6) is 0 Å². The molecule has 0 N–H and O–H groups in total. The van der Waals surface area contributed by atoms with Crippen LogP contribution >= 0.6 is 11.3 Å². The van der Waals surface area contributed by atoms with Gasteiger partial charge in [-0.15, -0.1) is 11.3 Å². The summed E-state index contributed by atoms with van der Waals surface area (Å²) in [6.45, 7) is 0. The molecule has 0 unspecified atom stereocenters. The van der Waals surface area contributed by atoms with Crippen molar-refractivity contribution in [3.63, 3.8) is 0 Å². The molecule has 1 aromatic heterocycles. The zero-order chi connectivity index (χ0) is 13.3. The number of halogens is 3. The number of rotatable bonds is 2. The molecule has 0 spiro atoms. The number of thiol groups is 1. The zero-order valence-electron chi connectivity index (χ0n) is 8.77. The Labute approximate surface area is 107 Å². The Bertz CT molecular complexity index is 616. The minimum absolute atomic E-state index is 0.194. The summed E-state index contributed by atoms with van der Waals surface area (Å²) < 4.78 is 58.7. The van der Waals surface area contributed by atoms with Crippen molar-refractivity contribution in [3.8, 4) is 11.1 Å². The topological polar surface area (TPSA) is 34.1 Å². The Morgan fingerprint density at radius 2 is 1.61 bits per heavy atom. The average molecular weight is 292 g/mol. The molecule has 2 nitrogen and oxygen atoms in total. The van der Waals surface area contributed by atoms with Crippen molar-refractivity contribution < 1.29 is 21.6 Å². The third-order valence-corrected chi connectivity index (χ3v) is 4.29. The van der Waals surface area contributed by atoms with Crippen LogP contribution in [0.25, 0.3) is 11.1 Å². The monoisotopic (exact) mass is 292 g/mol. The molecule has 0 aliphatic rings. The van der Waals surface area contributed by atoms with Crippen molar-refractivity contribution in [1.29, 1.82) is 0 Å². The third-order valence-electron chi connectivity index (χ3n) is 2.31. The lowest BCUT2D eigenvalue weighted by molar-refractivity contribution is -0.137. The second-order valence-corrected chi connectivity index (χ2v) is 5.72. The van der Waals surface area contributed by atoms with E-state index in [2.05, 4.69) is 0 Å². The van der Waals surface area contributed by atoms with E-state index in [0.717, 1.165) is 23.5 Å². The van der Waals surface area contributed by atoms with Crippen LogP contribution in [-0.4, -0.2) is 8.42 Å². The minimum Gasteiger partial charge on any atom is -0.226 e. The van der Waals surface area contributed by atoms with E-state index >= 15 is 0 Å². The van der Waals surface area contributed by atoms with E-state index in [9.17, 15) is 21.6 Å². The molecule has 7 heteroatoms. The molecule has 0 fully saturated rings. The van der Waals surface area contributed by atoms with Crippen molar-refractivity contribution in [2.45, 2.75) is 10.4 Å². The summed E-state index contributed by atoms with van der Waals surface area (Å²) in [6.07, 6.45) is -4.36. The smallest absolute Gasteiger partial charge is 0.226 e. The fourth-order valence-corrected chi connectivity index (χ4v) is 2.82. The minimum atomic E-state index is -4.36. The van der Waals surface area contributed by atoms with Crippen molar-refractivity contribution in [2.24, 2.45) is 0 Å². The van der Waals surface area contributed by atoms with Gasteiger partial charge < -0.3 is 0 Å². The van der Waals surface area contributed by atoms with E-state index in [-0.39, 0.29) is 4.21 Å². The lowest BCUT2D eigenvalue weighted by Gasteiger charge is -2.06. The standard InChI is InChI=1S/C11H7F3O2S2/c12-11(13,14)9-3-1-7(2-4-9)8-5-10(17-6-8)18(15)16/h1-6,18H. The Balaban J connectivity index is 2.34. The summed E-state index contributed by atoms with van der Waals surface area (Å²) >= 11 is 1.04. The number of benzene rings is 1. The van der Waals surface area contributed by atoms with Crippen LogP contribution < -0.4 is 0 Å². The van der Waals surface area contributed by atoms with Gasteiger partial charge in [0.2, 0.25) is 0 Å². The molecule has 18 heavy (non-hydrogen) atoms. The summed E-state index contributed by atoms with van der Waals surface area (Å²) in [5.41, 5.74) is 0.432. The first-order valence-electron chi connectivity index (χ1n) is 4.78. The summed E-state index contributed by atoms with van der Waals surface area (Å²) in [5, 5.41) is 1.60. The first-order chi connectivity index (χ1) is 8.38. The molecule has 1 aromatic carbocycles. The maximum absolute atomic E-state index is 12.4. The van der Waals surface area contributed by atoms with Crippen molar-refractivity contribution in [3.05, 3.63) is 41.3 Å². The van der Waals surface area contributed by atoms with Gasteiger partial charge in [-0.25, -0.2) is 8.42 Å². The molecule has 0 atom stereocenters. The molecular formula is C11H7F3O2S2. The highest BCUT2D eigenvalue weighted by molar-refractivity contribution is 7.75. The molecule has 2 aromatic rings. The maximum Gasteiger partial charge on any atom is 0.416 e. The van der Waals surface area contributed by atoms with Gasteiger partial charge in [0.05, 0.1) is 5.56 Å². The van der Waals surface area contributed by atoms with Gasteiger partial charge in [-0.3, -0.25) is 0 Å². The Hall–Kier alpha value is -1.34. The predicted molar refractivity (Wildman–Crippen MR) is 63.3 cm³/mol. The largest absolute Gasteiger partial charge is 0.416 e. The van der Waals surface area contributed by atoms with E-state index in [1.807, 2.05) is 0 Å². The summed E-state index contributed by atoms with van der Waals surface area (Å²) in [7, 11) is -2.65. The first-order valence-corrected chi connectivity index (χ1v) is 6.84. The fraction of sp³-hybridized carbons (Fsp3) is 0.0909. The molecule has 0 aliphatic heterocycles. The summed E-state index contributed by atoms with van der Waals surface area (Å²) in [4.78, 5) is 0. The van der Waals surface area contributed by atoms with Gasteiger partial charge in [-0.05, 0) is 34.7 Å². The highest BCUT2D eigenvalue weighted by Gasteiger charge is 2.29. The van der Waals surface area contributed by atoms with Crippen molar-refractivity contribution in [2.75, 3.05) is 0 Å². The van der Waals surface area contributed by atoms with Gasteiger partial charge in [-0.2, -0.15) is 13.2 Å². The molecular weight excluding hydrogens is 285 g/mol. The first kappa shape index (κ1) is 13.1. The molecule has 2 rings (SSSR count). The van der Waals surface area contributed by atoms with Crippen LogP contribution in [0.4, 0.5) is 13.2 Å². The SMILES string of the molecule is O=[SH](=O)c1cc(-c2ccc(C(F)(F)F)cc2)cs1. The number of alkyl halides is 3. The van der Waals surface area contributed by atoms with Gasteiger partial charge in [0.15, 0.2) is 10.7 Å². The van der Waals surface area contributed by atoms with Crippen LogP contribution in [0.3, 0.4) is 0 Å². The van der Waals surface area contributed by atoms with E-state index in [1.165, 1.54) is 18.2 Å². The zero-order valence-corrected chi connectivity index (χ0v) is 10.5. The molecule has 0 radical (unpaired) electrons. The Morgan fingerprint density at radius 1 is 1.00 bits per heavy atom. The second-order valence-electron chi connectivity index (χ2n) is 3.51. The van der Waals surface area contributed by atoms with Crippen LogP contribution in [-0.2, 0) is 16.9 Å². The van der Waals surface area contributed by atoms with E-state index in [1.54, 1.807) is 5.38 Å². The number of hydrogen-bond acceptors (Lipinski definition) is 3. The highest BCUT2D eigenvalue weighted by atomic mass is 32.2. The van der Waals surface area contributed by atoms with Gasteiger partial charge in [0.1, 0.15) is 4.21 Å². The second kappa shape index (κ2) is 4.74. The Kier molecular flexibility index (Phi) is 3.45. The van der Waals surface area contributed by atoms with Gasteiger partial charge in [-0.1, -0.05) is 12.1 Å². The lowest BCUT2D eigenvalue weighted by Crippen LogP contribution is -2.03. The molecule has 0 amide bonds. The van der Waals surface area contributed by atoms with Crippen LogP contribution in [0, 0.1) is 0 Å². The van der Waals surface area contributed by atoms with E-state index < -0.39 is 22.4 Å². The Morgan fingerprint density at radius 3 is 2.06 bits per heavy atom. The van der Waals surface area contributed by atoms with E-state index in [0.29, 0.717) is 11.1 Å². The predicted octanol–water partition coefficient (Wildman–Crippen LogP) is 3.40. The van der Waals surface area contributed by atoms with Gasteiger partial charge in [0.25, 0.3) is 0 Å². The number of thiophene rings is 1. The van der Waals surface area contributed by atoms with Crippen LogP contribution in [0.1, 0.15) is 5.56 Å². The summed E-state index contributed by atoms with van der Waals surface area (Å²) in [5.74, 6) is 0. The normalized spacial score (nSPS) is 12.0. The molecule has 0 saturated heterocycles. The lowest BCUT2D eigenvalue weighted by atomic mass is 10.1.